The predicted molar refractivity (Wildman–Crippen MR) is 52.5 cm³/mol. The van der Waals surface area contributed by atoms with Gasteiger partial charge in [-0.1, -0.05) is 6.07 Å². The lowest BCUT2D eigenvalue weighted by Crippen LogP contribution is -2.01. The van der Waals surface area contributed by atoms with Crippen LogP contribution in [0.5, 0.6) is 0 Å². The van der Waals surface area contributed by atoms with Gasteiger partial charge in [0, 0.05) is 29.7 Å². The lowest BCUT2D eigenvalue weighted by Gasteiger charge is -1.95. The Hall–Kier alpha value is -1.68. The van der Waals surface area contributed by atoms with Crippen LogP contribution in [-0.2, 0) is 6.54 Å². The molecule has 72 valence electrons. The Morgan fingerprint density at radius 2 is 2.21 bits per heavy atom. The summed E-state index contributed by atoms with van der Waals surface area (Å²) in [5.74, 6) is 0. The van der Waals surface area contributed by atoms with Crippen molar-refractivity contribution in [2.24, 2.45) is 0 Å². The molecule has 14 heavy (non-hydrogen) atoms. The van der Waals surface area contributed by atoms with Gasteiger partial charge >= 0.3 is 0 Å². The summed E-state index contributed by atoms with van der Waals surface area (Å²) in [4.78, 5) is 4.03. The first-order valence-corrected chi connectivity index (χ1v) is 4.44. The molecule has 0 atom stereocenters. The van der Waals surface area contributed by atoms with Crippen molar-refractivity contribution in [3.8, 4) is 11.1 Å². The Kier molecular flexibility index (Phi) is 2.55. The van der Waals surface area contributed by atoms with E-state index in [0.29, 0.717) is 6.54 Å². The molecule has 0 saturated carbocycles. The minimum Gasteiger partial charge on any atom is -0.394 e. The second-order valence-electron chi connectivity index (χ2n) is 2.96. The summed E-state index contributed by atoms with van der Waals surface area (Å²) in [7, 11) is 0. The molecule has 0 unspecified atom stereocenters. The van der Waals surface area contributed by atoms with E-state index in [4.69, 9.17) is 5.11 Å². The van der Waals surface area contributed by atoms with Crippen molar-refractivity contribution in [2.45, 2.75) is 6.54 Å². The second-order valence-corrected chi connectivity index (χ2v) is 2.96. The monoisotopic (exact) mass is 189 g/mol. The molecule has 2 aromatic heterocycles. The highest BCUT2D eigenvalue weighted by Gasteiger charge is 2.00. The predicted octanol–water partition coefficient (Wildman–Crippen LogP) is 0.937. The Morgan fingerprint density at radius 1 is 1.29 bits per heavy atom. The van der Waals surface area contributed by atoms with Crippen LogP contribution in [0.3, 0.4) is 0 Å². The summed E-state index contributed by atoms with van der Waals surface area (Å²) in [5, 5.41) is 12.8. The molecular weight excluding hydrogens is 178 g/mol. The molecule has 4 heteroatoms. The van der Waals surface area contributed by atoms with E-state index in [-0.39, 0.29) is 6.61 Å². The average molecular weight is 189 g/mol. The van der Waals surface area contributed by atoms with Gasteiger partial charge < -0.3 is 5.11 Å². The van der Waals surface area contributed by atoms with E-state index in [0.717, 1.165) is 11.1 Å². The summed E-state index contributed by atoms with van der Waals surface area (Å²) in [6.45, 7) is 0.633. The average Bonchev–Trinajstić information content (AvgIpc) is 2.68. The van der Waals surface area contributed by atoms with Gasteiger partial charge in [0.05, 0.1) is 19.3 Å². The third kappa shape index (κ3) is 1.80. The number of hydrogen-bond acceptors (Lipinski definition) is 3. The highest BCUT2D eigenvalue weighted by atomic mass is 16.3. The van der Waals surface area contributed by atoms with Gasteiger partial charge in [-0.25, -0.2) is 0 Å². The first-order valence-electron chi connectivity index (χ1n) is 4.44. The molecule has 2 heterocycles. The van der Waals surface area contributed by atoms with Gasteiger partial charge in [-0.2, -0.15) is 5.10 Å². The van der Waals surface area contributed by atoms with Crippen LogP contribution in [-0.4, -0.2) is 26.5 Å². The maximum absolute atomic E-state index is 8.73. The number of aromatic nitrogens is 3. The minimum absolute atomic E-state index is 0.105. The minimum atomic E-state index is 0.105. The molecule has 2 aromatic rings. The number of pyridine rings is 1. The van der Waals surface area contributed by atoms with E-state index in [1.165, 1.54) is 0 Å². The molecule has 0 bridgehead atoms. The lowest BCUT2D eigenvalue weighted by molar-refractivity contribution is 0.269. The third-order valence-electron chi connectivity index (χ3n) is 1.96. The maximum Gasteiger partial charge on any atom is 0.0641 e. The Labute approximate surface area is 81.8 Å². The molecule has 0 aliphatic heterocycles. The SMILES string of the molecule is OCCn1cc(-c2cccnc2)cn1. The van der Waals surface area contributed by atoms with Crippen LogP contribution in [0, 0.1) is 0 Å². The van der Waals surface area contributed by atoms with E-state index < -0.39 is 0 Å². The molecule has 4 nitrogen and oxygen atoms in total. The maximum atomic E-state index is 8.73. The van der Waals surface area contributed by atoms with Gasteiger partial charge in [0.2, 0.25) is 0 Å². The molecular formula is C10H11N3O. The quantitative estimate of drug-likeness (QED) is 0.781. The van der Waals surface area contributed by atoms with Crippen molar-refractivity contribution < 1.29 is 5.11 Å². The molecule has 0 radical (unpaired) electrons. The van der Waals surface area contributed by atoms with E-state index in [9.17, 15) is 0 Å². The van der Waals surface area contributed by atoms with E-state index in [2.05, 4.69) is 10.1 Å². The van der Waals surface area contributed by atoms with Gasteiger partial charge in [0.25, 0.3) is 0 Å². The first-order chi connectivity index (χ1) is 6.90. The largest absolute Gasteiger partial charge is 0.394 e. The number of hydrogen-bond donors (Lipinski definition) is 1. The zero-order valence-electron chi connectivity index (χ0n) is 7.67. The van der Waals surface area contributed by atoms with Crippen molar-refractivity contribution in [3.63, 3.8) is 0 Å². The summed E-state index contributed by atoms with van der Waals surface area (Å²) in [6.07, 6.45) is 7.20. The Bertz CT molecular complexity index is 397. The summed E-state index contributed by atoms with van der Waals surface area (Å²) >= 11 is 0. The Balaban J connectivity index is 2.25. The van der Waals surface area contributed by atoms with Crippen molar-refractivity contribution >= 4 is 0 Å². The highest BCUT2D eigenvalue weighted by molar-refractivity contribution is 5.59. The van der Waals surface area contributed by atoms with Crippen LogP contribution in [0.25, 0.3) is 11.1 Å². The Morgan fingerprint density at radius 3 is 2.93 bits per heavy atom. The van der Waals surface area contributed by atoms with Crippen molar-refractivity contribution in [3.05, 3.63) is 36.9 Å². The highest BCUT2D eigenvalue weighted by Crippen LogP contribution is 2.16. The van der Waals surface area contributed by atoms with E-state index in [1.54, 1.807) is 23.3 Å². The topological polar surface area (TPSA) is 50.9 Å². The van der Waals surface area contributed by atoms with Crippen molar-refractivity contribution in [1.29, 1.82) is 0 Å². The molecule has 0 aliphatic carbocycles. The van der Waals surface area contributed by atoms with Gasteiger partial charge in [-0.3, -0.25) is 9.67 Å². The summed E-state index contributed by atoms with van der Waals surface area (Å²) < 4.78 is 1.71. The molecule has 0 fully saturated rings. The molecule has 0 aromatic carbocycles. The lowest BCUT2D eigenvalue weighted by atomic mass is 10.2. The summed E-state index contributed by atoms with van der Waals surface area (Å²) in [5.41, 5.74) is 2.06. The molecule has 2 rings (SSSR count). The van der Waals surface area contributed by atoms with Crippen LogP contribution < -0.4 is 0 Å². The fraction of sp³-hybridized carbons (Fsp3) is 0.200. The van der Waals surface area contributed by atoms with E-state index >= 15 is 0 Å². The van der Waals surface area contributed by atoms with Crippen molar-refractivity contribution in [1.82, 2.24) is 14.8 Å². The first kappa shape index (κ1) is 8.90. The number of nitrogens with zero attached hydrogens (tertiary/aromatic N) is 3. The second kappa shape index (κ2) is 4.02. The fourth-order valence-corrected chi connectivity index (χ4v) is 1.27. The van der Waals surface area contributed by atoms with Crippen LogP contribution in [0.15, 0.2) is 36.9 Å². The summed E-state index contributed by atoms with van der Waals surface area (Å²) in [6, 6.07) is 3.87. The zero-order chi connectivity index (χ0) is 9.80. The molecule has 1 N–H and O–H groups in total. The molecule has 0 amide bonds. The van der Waals surface area contributed by atoms with Crippen LogP contribution in [0.4, 0.5) is 0 Å². The standard InChI is InChI=1S/C10H11N3O/c14-5-4-13-8-10(7-12-13)9-2-1-3-11-6-9/h1-3,6-8,14H,4-5H2. The molecule has 0 spiro atoms. The van der Waals surface area contributed by atoms with Crippen LogP contribution >= 0.6 is 0 Å². The van der Waals surface area contributed by atoms with Gasteiger partial charge in [0.1, 0.15) is 0 Å². The van der Waals surface area contributed by atoms with Gasteiger partial charge in [-0.15, -0.1) is 0 Å². The molecule has 0 saturated heterocycles. The van der Waals surface area contributed by atoms with Gasteiger partial charge in [0.15, 0.2) is 0 Å². The zero-order valence-corrected chi connectivity index (χ0v) is 7.67. The van der Waals surface area contributed by atoms with Crippen LogP contribution in [0.1, 0.15) is 0 Å². The number of aliphatic hydroxyl groups is 1. The van der Waals surface area contributed by atoms with Crippen LogP contribution in [0.2, 0.25) is 0 Å². The fourth-order valence-electron chi connectivity index (χ4n) is 1.27. The normalized spacial score (nSPS) is 10.4. The smallest absolute Gasteiger partial charge is 0.0641 e. The van der Waals surface area contributed by atoms with E-state index in [1.807, 2.05) is 18.3 Å². The van der Waals surface area contributed by atoms with Gasteiger partial charge in [-0.05, 0) is 6.07 Å². The van der Waals surface area contributed by atoms with Crippen molar-refractivity contribution in [2.75, 3.05) is 6.61 Å². The number of aliphatic hydroxyl groups excluding tert-OH is 1. The number of rotatable bonds is 3. The third-order valence-corrected chi connectivity index (χ3v) is 1.96. The molecule has 0 aliphatic rings.